The highest BCUT2D eigenvalue weighted by atomic mass is 79.9. The number of nitrogens with one attached hydrogen (secondary N) is 1. The van der Waals surface area contributed by atoms with E-state index in [0.717, 1.165) is 6.54 Å². The number of methoxy groups -OCH3 is 1. The summed E-state index contributed by atoms with van der Waals surface area (Å²) in [6.07, 6.45) is -0.0799. The van der Waals surface area contributed by atoms with Crippen molar-refractivity contribution in [2.45, 2.75) is 26.0 Å². The Balaban J connectivity index is 3.05. The van der Waals surface area contributed by atoms with Gasteiger partial charge in [-0.2, -0.15) is 0 Å². The van der Waals surface area contributed by atoms with Crippen LogP contribution in [0.1, 0.15) is 25.5 Å². The largest absolute Gasteiger partial charge is 0.380 e. The average Bonchev–Trinajstić information content (AvgIpc) is 2.29. The zero-order valence-electron chi connectivity index (χ0n) is 9.76. The van der Waals surface area contributed by atoms with Gasteiger partial charge in [-0.25, -0.2) is 4.39 Å². The van der Waals surface area contributed by atoms with Gasteiger partial charge in [0.2, 0.25) is 0 Å². The molecule has 0 saturated carbocycles. The fourth-order valence-corrected chi connectivity index (χ4v) is 2.03. The molecule has 0 aliphatic heterocycles. The van der Waals surface area contributed by atoms with Crippen molar-refractivity contribution in [2.24, 2.45) is 0 Å². The highest BCUT2D eigenvalue weighted by Crippen LogP contribution is 2.26. The summed E-state index contributed by atoms with van der Waals surface area (Å²) in [4.78, 5) is 0. The first-order valence-electron chi connectivity index (χ1n) is 5.31. The number of likely N-dealkylation sites (N-methyl/N-ethyl adjacent to an activating group) is 1. The van der Waals surface area contributed by atoms with Crippen molar-refractivity contribution >= 4 is 15.9 Å². The molecule has 0 aliphatic rings. The molecule has 0 radical (unpaired) electrons. The summed E-state index contributed by atoms with van der Waals surface area (Å²) in [5, 5.41) is 3.23. The third-order valence-corrected chi connectivity index (χ3v) is 3.19. The number of halogens is 2. The predicted octanol–water partition coefficient (Wildman–Crippen LogP) is 3.27. The zero-order valence-corrected chi connectivity index (χ0v) is 11.3. The van der Waals surface area contributed by atoms with Gasteiger partial charge in [0.15, 0.2) is 0 Å². The Hall–Kier alpha value is -0.450. The van der Waals surface area contributed by atoms with Crippen LogP contribution in [0.15, 0.2) is 22.7 Å². The Morgan fingerprint density at radius 1 is 1.50 bits per heavy atom. The van der Waals surface area contributed by atoms with Crippen molar-refractivity contribution in [3.63, 3.8) is 0 Å². The number of benzene rings is 1. The second-order valence-electron chi connectivity index (χ2n) is 3.62. The molecule has 0 amide bonds. The van der Waals surface area contributed by atoms with Crippen LogP contribution in [0.25, 0.3) is 0 Å². The molecule has 0 saturated heterocycles. The summed E-state index contributed by atoms with van der Waals surface area (Å²) in [5.74, 6) is -0.225. The topological polar surface area (TPSA) is 21.3 Å². The molecule has 0 spiro atoms. The molecule has 4 heteroatoms. The van der Waals surface area contributed by atoms with E-state index in [1.165, 1.54) is 0 Å². The summed E-state index contributed by atoms with van der Waals surface area (Å²) in [5.41, 5.74) is 0.630. The number of ether oxygens (including phenoxy) is 1. The Labute approximate surface area is 104 Å². The van der Waals surface area contributed by atoms with Crippen LogP contribution in [0.3, 0.4) is 0 Å². The predicted molar refractivity (Wildman–Crippen MR) is 67.0 cm³/mol. The Bertz CT molecular complexity index is 346. The first-order valence-corrected chi connectivity index (χ1v) is 6.11. The molecule has 0 bridgehead atoms. The molecule has 0 aromatic heterocycles. The van der Waals surface area contributed by atoms with E-state index in [9.17, 15) is 4.39 Å². The van der Waals surface area contributed by atoms with E-state index in [1.807, 2.05) is 19.9 Å². The SMILES string of the molecule is CCNC(c1cccc(Br)c1F)C(C)OC. The van der Waals surface area contributed by atoms with Gasteiger partial charge in [0.25, 0.3) is 0 Å². The summed E-state index contributed by atoms with van der Waals surface area (Å²) in [6.45, 7) is 4.68. The highest BCUT2D eigenvalue weighted by Gasteiger charge is 2.22. The van der Waals surface area contributed by atoms with E-state index in [1.54, 1.807) is 19.2 Å². The van der Waals surface area contributed by atoms with Crippen LogP contribution in [0.2, 0.25) is 0 Å². The van der Waals surface area contributed by atoms with Gasteiger partial charge < -0.3 is 10.1 Å². The normalized spacial score (nSPS) is 14.8. The third-order valence-electron chi connectivity index (χ3n) is 2.58. The monoisotopic (exact) mass is 289 g/mol. The smallest absolute Gasteiger partial charge is 0.142 e. The van der Waals surface area contributed by atoms with E-state index in [0.29, 0.717) is 10.0 Å². The summed E-state index contributed by atoms with van der Waals surface area (Å²) < 4.78 is 19.7. The van der Waals surface area contributed by atoms with Gasteiger partial charge >= 0.3 is 0 Å². The first kappa shape index (κ1) is 13.6. The fraction of sp³-hybridized carbons (Fsp3) is 0.500. The second kappa shape index (κ2) is 6.33. The molecule has 0 aliphatic carbocycles. The van der Waals surface area contributed by atoms with Crippen molar-refractivity contribution < 1.29 is 9.13 Å². The van der Waals surface area contributed by atoms with E-state index < -0.39 is 0 Å². The number of hydrogen-bond donors (Lipinski definition) is 1. The lowest BCUT2D eigenvalue weighted by Crippen LogP contribution is -2.32. The third kappa shape index (κ3) is 3.03. The molecule has 2 atom stereocenters. The lowest BCUT2D eigenvalue weighted by Gasteiger charge is -2.24. The quantitative estimate of drug-likeness (QED) is 0.898. The molecule has 2 nitrogen and oxygen atoms in total. The fourth-order valence-electron chi connectivity index (χ4n) is 1.65. The lowest BCUT2D eigenvalue weighted by molar-refractivity contribution is 0.0823. The highest BCUT2D eigenvalue weighted by molar-refractivity contribution is 9.10. The standard InChI is InChI=1S/C12H17BrFNO/c1-4-15-12(8(2)16-3)9-6-5-7-10(13)11(9)14/h5-8,12,15H,4H2,1-3H3. The first-order chi connectivity index (χ1) is 7.61. The molecule has 90 valence electrons. The van der Waals surface area contributed by atoms with Crippen molar-refractivity contribution in [1.29, 1.82) is 0 Å². The van der Waals surface area contributed by atoms with E-state index in [2.05, 4.69) is 21.2 Å². The minimum Gasteiger partial charge on any atom is -0.380 e. The van der Waals surface area contributed by atoms with Gasteiger partial charge in [-0.15, -0.1) is 0 Å². The molecule has 1 N–H and O–H groups in total. The summed E-state index contributed by atoms with van der Waals surface area (Å²) in [7, 11) is 1.63. The van der Waals surface area contributed by atoms with Crippen LogP contribution in [-0.2, 0) is 4.74 Å². The maximum atomic E-state index is 13.9. The Kier molecular flexibility index (Phi) is 5.38. The molecular formula is C12H17BrFNO. The van der Waals surface area contributed by atoms with Crippen molar-refractivity contribution in [3.05, 3.63) is 34.1 Å². The van der Waals surface area contributed by atoms with Gasteiger partial charge in [-0.3, -0.25) is 0 Å². The van der Waals surface area contributed by atoms with Crippen LogP contribution < -0.4 is 5.32 Å². The van der Waals surface area contributed by atoms with Gasteiger partial charge in [0, 0.05) is 12.7 Å². The van der Waals surface area contributed by atoms with E-state index >= 15 is 0 Å². The summed E-state index contributed by atoms with van der Waals surface area (Å²) in [6, 6.07) is 5.17. The minimum atomic E-state index is -0.225. The Morgan fingerprint density at radius 3 is 2.75 bits per heavy atom. The molecule has 16 heavy (non-hydrogen) atoms. The molecule has 1 rings (SSSR count). The number of hydrogen-bond acceptors (Lipinski definition) is 2. The van der Waals surface area contributed by atoms with Gasteiger partial charge in [0.05, 0.1) is 16.6 Å². The van der Waals surface area contributed by atoms with Crippen LogP contribution in [0.5, 0.6) is 0 Å². The molecular weight excluding hydrogens is 273 g/mol. The van der Waals surface area contributed by atoms with Gasteiger partial charge in [0.1, 0.15) is 5.82 Å². The van der Waals surface area contributed by atoms with E-state index in [4.69, 9.17) is 4.74 Å². The van der Waals surface area contributed by atoms with Crippen LogP contribution in [0, 0.1) is 5.82 Å². The zero-order chi connectivity index (χ0) is 12.1. The Morgan fingerprint density at radius 2 is 2.19 bits per heavy atom. The van der Waals surface area contributed by atoms with Crippen molar-refractivity contribution in [2.75, 3.05) is 13.7 Å². The molecule has 1 aromatic rings. The molecule has 0 fully saturated rings. The lowest BCUT2D eigenvalue weighted by atomic mass is 10.0. The van der Waals surface area contributed by atoms with Crippen molar-refractivity contribution in [1.82, 2.24) is 5.32 Å². The van der Waals surface area contributed by atoms with Crippen LogP contribution in [-0.4, -0.2) is 19.8 Å². The maximum absolute atomic E-state index is 13.9. The molecule has 1 aromatic carbocycles. The van der Waals surface area contributed by atoms with E-state index in [-0.39, 0.29) is 18.0 Å². The van der Waals surface area contributed by atoms with Crippen LogP contribution >= 0.6 is 15.9 Å². The average molecular weight is 290 g/mol. The van der Waals surface area contributed by atoms with Gasteiger partial charge in [-0.1, -0.05) is 19.1 Å². The molecule has 0 heterocycles. The van der Waals surface area contributed by atoms with Crippen molar-refractivity contribution in [3.8, 4) is 0 Å². The van der Waals surface area contributed by atoms with Gasteiger partial charge in [-0.05, 0) is 35.5 Å². The summed E-state index contributed by atoms with van der Waals surface area (Å²) >= 11 is 3.19. The van der Waals surface area contributed by atoms with Crippen LogP contribution in [0.4, 0.5) is 4.39 Å². The molecule has 2 unspecified atom stereocenters. The second-order valence-corrected chi connectivity index (χ2v) is 4.47. The maximum Gasteiger partial charge on any atom is 0.142 e. The number of rotatable bonds is 5. The minimum absolute atomic E-state index is 0.0799.